The van der Waals surface area contributed by atoms with Crippen molar-refractivity contribution in [1.29, 1.82) is 0 Å². The van der Waals surface area contributed by atoms with Crippen LogP contribution in [-0.4, -0.2) is 10.2 Å². The van der Waals surface area contributed by atoms with Crippen LogP contribution >= 0.6 is 11.6 Å². The van der Waals surface area contributed by atoms with Gasteiger partial charge in [0.1, 0.15) is 0 Å². The number of halogens is 1. The lowest BCUT2D eigenvalue weighted by Crippen LogP contribution is -2.10. The number of aryl methyl sites for hydroxylation is 2. The molecule has 0 saturated carbocycles. The topological polar surface area (TPSA) is 0 Å². The largest absolute Gasteiger partial charge is 0.0836 e. The SMILES string of the molecule is Cc1cccc(-c2c([SiH3])ccc(Cl)c2-c2cccc(C)c2C)c1C. The van der Waals surface area contributed by atoms with Crippen LogP contribution < -0.4 is 5.19 Å². The van der Waals surface area contributed by atoms with E-state index in [1.54, 1.807) is 0 Å². The monoisotopic (exact) mass is 350 g/mol. The van der Waals surface area contributed by atoms with Crippen LogP contribution in [0.5, 0.6) is 0 Å². The predicted molar refractivity (Wildman–Crippen MR) is 111 cm³/mol. The standard InChI is InChI=1S/C22H23ClSi/c1-13-7-5-9-17(15(13)3)21-19(23)11-12-20(24)22(21)18-10-6-8-14(2)16(18)4/h5-12H,1-4,24H3. The lowest BCUT2D eigenvalue weighted by atomic mass is 9.88. The highest BCUT2D eigenvalue weighted by Crippen LogP contribution is 2.39. The molecule has 0 nitrogen and oxygen atoms in total. The minimum atomic E-state index is 0.833. The molecule has 0 unspecified atom stereocenters. The number of hydrogen-bond donors (Lipinski definition) is 0. The Labute approximate surface area is 152 Å². The van der Waals surface area contributed by atoms with Crippen LogP contribution in [-0.2, 0) is 0 Å². The van der Waals surface area contributed by atoms with Crippen LogP contribution in [0.4, 0.5) is 0 Å². The maximum atomic E-state index is 6.72. The fraction of sp³-hybridized carbons (Fsp3) is 0.182. The molecule has 3 aromatic carbocycles. The molecular formula is C22H23ClSi. The van der Waals surface area contributed by atoms with Crippen molar-refractivity contribution in [2.75, 3.05) is 0 Å². The number of hydrogen-bond acceptors (Lipinski definition) is 0. The molecule has 24 heavy (non-hydrogen) atoms. The van der Waals surface area contributed by atoms with Gasteiger partial charge in [0.05, 0.1) is 0 Å². The van der Waals surface area contributed by atoms with E-state index in [0.29, 0.717) is 0 Å². The van der Waals surface area contributed by atoms with Crippen molar-refractivity contribution < 1.29 is 0 Å². The fourth-order valence-electron chi connectivity index (χ4n) is 3.34. The molecule has 3 rings (SSSR count). The molecule has 0 fully saturated rings. The Morgan fingerprint density at radius 1 is 0.667 bits per heavy atom. The van der Waals surface area contributed by atoms with Gasteiger partial charge in [-0.15, -0.1) is 0 Å². The van der Waals surface area contributed by atoms with E-state index in [1.165, 1.54) is 49.7 Å². The summed E-state index contributed by atoms with van der Waals surface area (Å²) >= 11 is 6.72. The first-order chi connectivity index (χ1) is 11.4. The van der Waals surface area contributed by atoms with Gasteiger partial charge in [-0.05, 0) is 72.7 Å². The first kappa shape index (κ1) is 17.0. The molecule has 2 heteroatoms. The van der Waals surface area contributed by atoms with Gasteiger partial charge in [0.25, 0.3) is 0 Å². The van der Waals surface area contributed by atoms with E-state index in [4.69, 9.17) is 11.6 Å². The third kappa shape index (κ3) is 2.83. The first-order valence-electron chi connectivity index (χ1n) is 8.34. The van der Waals surface area contributed by atoms with Crippen molar-refractivity contribution in [1.82, 2.24) is 0 Å². The lowest BCUT2D eigenvalue weighted by Gasteiger charge is -2.20. The molecule has 0 bridgehead atoms. The summed E-state index contributed by atoms with van der Waals surface area (Å²) < 4.78 is 0. The molecule has 0 saturated heterocycles. The Morgan fingerprint density at radius 3 is 1.71 bits per heavy atom. The maximum absolute atomic E-state index is 6.72. The second-order valence-corrected chi connectivity index (χ2v) is 8.09. The average Bonchev–Trinajstić information content (AvgIpc) is 2.55. The van der Waals surface area contributed by atoms with Gasteiger partial charge in [-0.25, -0.2) is 0 Å². The molecule has 0 N–H and O–H groups in total. The Kier molecular flexibility index (Phi) is 4.66. The maximum Gasteiger partial charge on any atom is 0.0490 e. The van der Waals surface area contributed by atoms with Crippen molar-refractivity contribution in [3.63, 3.8) is 0 Å². The normalized spacial score (nSPS) is 11.0. The smallest absolute Gasteiger partial charge is 0.0490 e. The van der Waals surface area contributed by atoms with E-state index in [-0.39, 0.29) is 0 Å². The van der Waals surface area contributed by atoms with Crippen LogP contribution in [0.3, 0.4) is 0 Å². The highest BCUT2D eigenvalue weighted by atomic mass is 35.5. The van der Waals surface area contributed by atoms with Crippen molar-refractivity contribution in [3.8, 4) is 22.3 Å². The minimum absolute atomic E-state index is 0.833. The van der Waals surface area contributed by atoms with Gasteiger partial charge in [0.2, 0.25) is 0 Å². The van der Waals surface area contributed by atoms with E-state index >= 15 is 0 Å². The fourth-order valence-corrected chi connectivity index (χ4v) is 4.28. The minimum Gasteiger partial charge on any atom is -0.0836 e. The summed E-state index contributed by atoms with van der Waals surface area (Å²) in [7, 11) is 0.991. The second kappa shape index (κ2) is 6.58. The molecule has 0 aliphatic heterocycles. The predicted octanol–water partition coefficient (Wildman–Crippen LogP) is 4.90. The van der Waals surface area contributed by atoms with Crippen LogP contribution in [0.25, 0.3) is 22.3 Å². The van der Waals surface area contributed by atoms with Gasteiger partial charge >= 0.3 is 0 Å². The zero-order valence-corrected chi connectivity index (χ0v) is 17.8. The molecule has 0 aromatic heterocycles. The molecule has 3 aromatic rings. The summed E-state index contributed by atoms with van der Waals surface area (Å²) in [6.45, 7) is 8.73. The van der Waals surface area contributed by atoms with Crippen LogP contribution in [0.1, 0.15) is 22.3 Å². The Hall–Kier alpha value is -1.83. The Balaban J connectivity index is 2.42. The van der Waals surface area contributed by atoms with Gasteiger partial charge in [-0.2, -0.15) is 0 Å². The molecular weight excluding hydrogens is 328 g/mol. The second-order valence-electron chi connectivity index (χ2n) is 6.61. The molecule has 0 aliphatic carbocycles. The van der Waals surface area contributed by atoms with E-state index in [0.717, 1.165) is 15.3 Å². The number of rotatable bonds is 2. The Bertz CT molecular complexity index is 849. The summed E-state index contributed by atoms with van der Waals surface area (Å²) in [5.74, 6) is 0. The summed E-state index contributed by atoms with van der Waals surface area (Å²) in [6, 6.07) is 17.3. The van der Waals surface area contributed by atoms with Crippen LogP contribution in [0.2, 0.25) is 5.02 Å². The van der Waals surface area contributed by atoms with Gasteiger partial charge in [0, 0.05) is 20.8 Å². The first-order valence-corrected chi connectivity index (χ1v) is 9.72. The van der Waals surface area contributed by atoms with Crippen molar-refractivity contribution >= 4 is 27.0 Å². The van der Waals surface area contributed by atoms with E-state index in [9.17, 15) is 0 Å². The lowest BCUT2D eigenvalue weighted by molar-refractivity contribution is 1.33. The van der Waals surface area contributed by atoms with Gasteiger partial charge < -0.3 is 0 Å². The summed E-state index contributed by atoms with van der Waals surface area (Å²) in [4.78, 5) is 0. The van der Waals surface area contributed by atoms with Crippen molar-refractivity contribution in [2.24, 2.45) is 0 Å². The zero-order chi connectivity index (χ0) is 17.4. The third-order valence-corrected chi connectivity index (χ3v) is 6.26. The van der Waals surface area contributed by atoms with E-state index in [1.807, 2.05) is 0 Å². The quantitative estimate of drug-likeness (QED) is 0.577. The van der Waals surface area contributed by atoms with E-state index < -0.39 is 0 Å². The molecule has 0 heterocycles. The Morgan fingerprint density at radius 2 is 1.17 bits per heavy atom. The van der Waals surface area contributed by atoms with Gasteiger partial charge in [-0.3, -0.25) is 0 Å². The van der Waals surface area contributed by atoms with Gasteiger partial charge in [0.15, 0.2) is 0 Å². The van der Waals surface area contributed by atoms with Gasteiger partial charge in [-0.1, -0.05) is 59.3 Å². The highest BCUT2D eigenvalue weighted by molar-refractivity contribution is 6.40. The molecule has 0 amide bonds. The van der Waals surface area contributed by atoms with E-state index in [2.05, 4.69) is 76.2 Å². The zero-order valence-electron chi connectivity index (χ0n) is 15.0. The van der Waals surface area contributed by atoms with Crippen molar-refractivity contribution in [3.05, 3.63) is 75.8 Å². The highest BCUT2D eigenvalue weighted by Gasteiger charge is 2.17. The molecule has 0 atom stereocenters. The summed E-state index contributed by atoms with van der Waals surface area (Å²) in [6.07, 6.45) is 0. The molecule has 122 valence electrons. The summed E-state index contributed by atoms with van der Waals surface area (Å²) in [5, 5.41) is 2.23. The van der Waals surface area contributed by atoms with Crippen LogP contribution in [0, 0.1) is 27.7 Å². The molecule has 0 spiro atoms. The number of benzene rings is 3. The molecule has 0 radical (unpaired) electrons. The average molecular weight is 351 g/mol. The van der Waals surface area contributed by atoms with Crippen molar-refractivity contribution in [2.45, 2.75) is 27.7 Å². The third-order valence-electron chi connectivity index (χ3n) is 5.11. The summed E-state index contributed by atoms with van der Waals surface area (Å²) in [5.41, 5.74) is 10.3. The van der Waals surface area contributed by atoms with Crippen LogP contribution in [0.15, 0.2) is 48.5 Å². The molecule has 0 aliphatic rings.